The van der Waals surface area contributed by atoms with Gasteiger partial charge in [0.25, 0.3) is 5.56 Å². The van der Waals surface area contributed by atoms with Crippen molar-refractivity contribution in [2.75, 3.05) is 0 Å². The van der Waals surface area contributed by atoms with Crippen LogP contribution in [0.25, 0.3) is 0 Å². The van der Waals surface area contributed by atoms with Gasteiger partial charge in [0.1, 0.15) is 6.73 Å². The van der Waals surface area contributed by atoms with Crippen molar-refractivity contribution >= 4 is 23.4 Å². The highest BCUT2D eigenvalue weighted by Gasteiger charge is 2.31. The molecule has 0 saturated heterocycles. The minimum atomic E-state index is -0.475. The van der Waals surface area contributed by atoms with Gasteiger partial charge in [-0.2, -0.15) is 0 Å². The predicted octanol–water partition coefficient (Wildman–Crippen LogP) is 4.39. The molecule has 1 saturated carbocycles. The molecule has 0 aliphatic heterocycles. The molecule has 1 aliphatic carbocycles. The molecule has 5 nitrogen and oxygen atoms in total. The van der Waals surface area contributed by atoms with Gasteiger partial charge in [-0.05, 0) is 36.5 Å². The van der Waals surface area contributed by atoms with Gasteiger partial charge in [-0.15, -0.1) is 0 Å². The van der Waals surface area contributed by atoms with Crippen LogP contribution in [0.15, 0.2) is 74.1 Å². The van der Waals surface area contributed by atoms with Crippen LogP contribution in [0.5, 0.6) is 0 Å². The molecular weight excluding hydrogens is 396 g/mol. The van der Waals surface area contributed by atoms with E-state index in [4.69, 9.17) is 16.3 Å². The second-order valence-corrected chi connectivity index (χ2v) is 8.11. The lowest BCUT2D eigenvalue weighted by molar-refractivity contribution is 0.0550. The lowest BCUT2D eigenvalue weighted by Gasteiger charge is -2.16. The Kier molecular flexibility index (Phi) is 5.71. The topological polar surface area (TPSA) is 64.1 Å². The molecule has 0 atom stereocenters. The van der Waals surface area contributed by atoms with E-state index < -0.39 is 5.69 Å². The van der Waals surface area contributed by atoms with Gasteiger partial charge in [0, 0.05) is 4.90 Å². The third-order valence-electron chi connectivity index (χ3n) is 4.55. The van der Waals surface area contributed by atoms with E-state index in [1.165, 1.54) is 16.3 Å². The summed E-state index contributed by atoms with van der Waals surface area (Å²) in [6.07, 6.45) is 1.89. The number of H-pyrrole nitrogens is 1. The molecule has 1 heterocycles. The minimum absolute atomic E-state index is 0.0526. The molecule has 1 fully saturated rings. The van der Waals surface area contributed by atoms with Gasteiger partial charge in [0.2, 0.25) is 0 Å². The Morgan fingerprint density at radius 3 is 2.50 bits per heavy atom. The smallest absolute Gasteiger partial charge is 0.331 e. The average Bonchev–Trinajstić information content (AvgIpc) is 3.51. The van der Waals surface area contributed by atoms with Gasteiger partial charge in [0.05, 0.1) is 22.2 Å². The Morgan fingerprint density at radius 1 is 1.07 bits per heavy atom. The van der Waals surface area contributed by atoms with Crippen LogP contribution in [0.3, 0.4) is 0 Å². The average molecular weight is 415 g/mol. The standard InChI is InChI=1S/C21H19ClN2O3S/c22-16-8-4-5-9-17(16)28-20-18(15-10-11-15)19(25)23-21(26)24(20)13-27-12-14-6-2-1-3-7-14/h1-9,15H,10-13H2,(H,23,25,26). The van der Waals surface area contributed by atoms with Crippen LogP contribution in [-0.4, -0.2) is 9.55 Å². The molecule has 1 aliphatic rings. The number of hydrogen-bond acceptors (Lipinski definition) is 4. The number of aromatic nitrogens is 2. The van der Waals surface area contributed by atoms with Crippen molar-refractivity contribution < 1.29 is 4.74 Å². The summed E-state index contributed by atoms with van der Waals surface area (Å²) in [5.74, 6) is 0.176. The van der Waals surface area contributed by atoms with Gasteiger partial charge in [-0.3, -0.25) is 14.3 Å². The number of rotatable bonds is 7. The summed E-state index contributed by atoms with van der Waals surface area (Å²) >= 11 is 7.65. The van der Waals surface area contributed by atoms with Gasteiger partial charge >= 0.3 is 5.69 Å². The highest BCUT2D eigenvalue weighted by atomic mass is 35.5. The van der Waals surface area contributed by atoms with Crippen molar-refractivity contribution in [1.29, 1.82) is 0 Å². The summed E-state index contributed by atoms with van der Waals surface area (Å²) < 4.78 is 7.28. The molecule has 144 valence electrons. The van der Waals surface area contributed by atoms with Crippen LogP contribution in [0.2, 0.25) is 5.02 Å². The van der Waals surface area contributed by atoms with Crippen molar-refractivity contribution in [1.82, 2.24) is 9.55 Å². The van der Waals surface area contributed by atoms with E-state index in [1.807, 2.05) is 48.5 Å². The largest absolute Gasteiger partial charge is 0.356 e. The second kappa shape index (κ2) is 8.39. The van der Waals surface area contributed by atoms with Gasteiger partial charge < -0.3 is 4.74 Å². The number of aromatic amines is 1. The maximum atomic E-state index is 12.6. The third-order valence-corrected chi connectivity index (χ3v) is 6.20. The van der Waals surface area contributed by atoms with Crippen LogP contribution in [0.1, 0.15) is 29.9 Å². The second-order valence-electron chi connectivity index (χ2n) is 6.68. The van der Waals surface area contributed by atoms with Crippen molar-refractivity contribution in [3.63, 3.8) is 0 Å². The molecule has 1 aromatic heterocycles. The first kappa shape index (κ1) is 19.1. The lowest BCUT2D eigenvalue weighted by Crippen LogP contribution is -2.34. The zero-order chi connectivity index (χ0) is 19.5. The minimum Gasteiger partial charge on any atom is -0.356 e. The molecule has 0 bridgehead atoms. The molecule has 7 heteroatoms. The van der Waals surface area contributed by atoms with E-state index in [9.17, 15) is 9.59 Å². The Labute approximate surface area is 171 Å². The highest BCUT2D eigenvalue weighted by molar-refractivity contribution is 7.99. The molecule has 2 aromatic carbocycles. The summed E-state index contributed by atoms with van der Waals surface area (Å²) in [5.41, 5.74) is 0.869. The molecular formula is C21H19ClN2O3S. The van der Waals surface area contributed by atoms with Gasteiger partial charge in [-0.25, -0.2) is 4.79 Å². The first-order valence-corrected chi connectivity index (χ1v) is 10.2. The quantitative estimate of drug-likeness (QED) is 0.582. The summed E-state index contributed by atoms with van der Waals surface area (Å²) in [6.45, 7) is 0.429. The van der Waals surface area contributed by atoms with E-state index >= 15 is 0 Å². The molecule has 1 N–H and O–H groups in total. The maximum Gasteiger partial charge on any atom is 0.331 e. The fourth-order valence-corrected chi connectivity index (χ4v) is 4.37. The molecule has 28 heavy (non-hydrogen) atoms. The molecule has 4 rings (SSSR count). The van der Waals surface area contributed by atoms with E-state index in [0.29, 0.717) is 22.2 Å². The monoisotopic (exact) mass is 414 g/mol. The molecule has 0 spiro atoms. The van der Waals surface area contributed by atoms with E-state index in [0.717, 1.165) is 23.3 Å². The summed E-state index contributed by atoms with van der Waals surface area (Å²) in [4.78, 5) is 28.3. The molecule has 0 radical (unpaired) electrons. The van der Waals surface area contributed by atoms with Gasteiger partial charge in [0.15, 0.2) is 0 Å². The normalized spacial score (nSPS) is 13.6. The third kappa shape index (κ3) is 4.24. The maximum absolute atomic E-state index is 12.6. The zero-order valence-electron chi connectivity index (χ0n) is 15.1. The Morgan fingerprint density at radius 2 is 1.79 bits per heavy atom. The molecule has 0 unspecified atom stereocenters. The summed E-state index contributed by atoms with van der Waals surface area (Å²) in [5, 5.41) is 1.19. The van der Waals surface area contributed by atoms with Crippen LogP contribution < -0.4 is 11.2 Å². The van der Waals surface area contributed by atoms with Crippen LogP contribution in [-0.2, 0) is 18.1 Å². The number of hydrogen-bond donors (Lipinski definition) is 1. The molecule has 0 amide bonds. The number of ether oxygens (including phenoxy) is 1. The first-order chi connectivity index (χ1) is 13.6. The van der Waals surface area contributed by atoms with Crippen molar-refractivity contribution in [3.8, 4) is 0 Å². The summed E-state index contributed by atoms with van der Waals surface area (Å²) in [6, 6.07) is 17.1. The predicted molar refractivity (Wildman–Crippen MR) is 110 cm³/mol. The Bertz CT molecular complexity index is 1090. The SMILES string of the molecule is O=c1[nH]c(=O)n(COCc2ccccc2)c(Sc2ccccc2Cl)c1C1CC1. The number of nitrogens with zero attached hydrogens (tertiary/aromatic N) is 1. The molecule has 3 aromatic rings. The first-order valence-electron chi connectivity index (χ1n) is 9.04. The Balaban J connectivity index is 1.68. The van der Waals surface area contributed by atoms with E-state index in [1.54, 1.807) is 6.07 Å². The van der Waals surface area contributed by atoms with Crippen molar-refractivity contribution in [3.05, 3.63) is 91.6 Å². The van der Waals surface area contributed by atoms with E-state index in [-0.39, 0.29) is 18.2 Å². The van der Waals surface area contributed by atoms with E-state index in [2.05, 4.69) is 4.98 Å². The van der Waals surface area contributed by atoms with Crippen LogP contribution in [0.4, 0.5) is 0 Å². The Hall–Kier alpha value is -2.28. The number of benzene rings is 2. The summed E-state index contributed by atoms with van der Waals surface area (Å²) in [7, 11) is 0. The fourth-order valence-electron chi connectivity index (χ4n) is 2.99. The van der Waals surface area contributed by atoms with Crippen molar-refractivity contribution in [2.24, 2.45) is 0 Å². The van der Waals surface area contributed by atoms with Crippen LogP contribution in [0, 0.1) is 0 Å². The van der Waals surface area contributed by atoms with Gasteiger partial charge in [-0.1, -0.05) is 65.8 Å². The van der Waals surface area contributed by atoms with Crippen LogP contribution >= 0.6 is 23.4 Å². The fraction of sp³-hybridized carbons (Fsp3) is 0.238. The lowest BCUT2D eigenvalue weighted by atomic mass is 10.2. The number of halogens is 1. The highest BCUT2D eigenvalue weighted by Crippen LogP contribution is 2.44. The number of nitrogens with one attached hydrogen (secondary N) is 1. The van der Waals surface area contributed by atoms with Crippen molar-refractivity contribution in [2.45, 2.75) is 42.0 Å². The zero-order valence-corrected chi connectivity index (χ0v) is 16.6.